The van der Waals surface area contributed by atoms with E-state index in [-0.39, 0.29) is 13.0 Å². The fraction of sp³-hybridized carbons (Fsp3) is 0.333. The van der Waals surface area contributed by atoms with E-state index in [2.05, 4.69) is 0 Å². The maximum Gasteiger partial charge on any atom is 0.272 e. The molecule has 3 nitrogen and oxygen atoms in total. The number of halogens is 1. The molecule has 1 aliphatic heterocycles. The largest absolute Gasteiger partial charge is 0.309 e. The Bertz CT molecular complexity index is 432. The summed E-state index contributed by atoms with van der Waals surface area (Å²) >= 11 is 0. The van der Waals surface area contributed by atoms with Crippen LogP contribution in [0.15, 0.2) is 30.3 Å². The van der Waals surface area contributed by atoms with E-state index < -0.39 is 17.4 Å². The zero-order valence-electron chi connectivity index (χ0n) is 8.94. The molecule has 1 heterocycles. The average Bonchev–Trinajstić information content (AvgIpc) is 2.59. The summed E-state index contributed by atoms with van der Waals surface area (Å²) in [6.07, 6.45) is -0.0595. The maximum atomic E-state index is 14.0. The highest BCUT2D eigenvalue weighted by Crippen LogP contribution is 2.31. The lowest BCUT2D eigenvalue weighted by atomic mass is 10.0. The summed E-state index contributed by atoms with van der Waals surface area (Å²) in [7, 11) is 0. The highest BCUT2D eigenvalue weighted by Gasteiger charge is 2.51. The molecule has 1 amide bonds. The van der Waals surface area contributed by atoms with Gasteiger partial charge in [0.05, 0.1) is 0 Å². The van der Waals surface area contributed by atoms with Gasteiger partial charge in [0.2, 0.25) is 5.67 Å². The van der Waals surface area contributed by atoms with Crippen molar-refractivity contribution >= 4 is 17.4 Å². The molecule has 1 unspecified atom stereocenters. The van der Waals surface area contributed by atoms with Gasteiger partial charge in [0.25, 0.3) is 5.91 Å². The van der Waals surface area contributed by atoms with E-state index in [1.165, 1.54) is 4.90 Å². The topological polar surface area (TPSA) is 37.4 Å². The number of Topliss-reactive ketones (excluding diaryl/α,β-unsaturated/α-hetero) is 1. The van der Waals surface area contributed by atoms with Gasteiger partial charge >= 0.3 is 0 Å². The lowest BCUT2D eigenvalue weighted by Gasteiger charge is -2.18. The fourth-order valence-electron chi connectivity index (χ4n) is 1.87. The predicted octanol–water partition coefficient (Wildman–Crippen LogP) is 1.72. The summed E-state index contributed by atoms with van der Waals surface area (Å²) in [4.78, 5) is 24.3. The van der Waals surface area contributed by atoms with Crippen LogP contribution in [0.4, 0.5) is 10.1 Å². The van der Waals surface area contributed by atoms with Crippen LogP contribution < -0.4 is 4.90 Å². The van der Waals surface area contributed by atoms with Crippen LogP contribution in [-0.4, -0.2) is 23.9 Å². The van der Waals surface area contributed by atoms with Gasteiger partial charge in [0.15, 0.2) is 5.78 Å². The Morgan fingerprint density at radius 2 is 2.00 bits per heavy atom. The normalized spacial score (nSPS) is 24.9. The Hall–Kier alpha value is -1.71. The van der Waals surface area contributed by atoms with Crippen LogP contribution in [0, 0.1) is 0 Å². The van der Waals surface area contributed by atoms with Gasteiger partial charge in [-0.25, -0.2) is 4.39 Å². The molecule has 0 bridgehead atoms. The molecule has 1 aliphatic rings. The van der Waals surface area contributed by atoms with Gasteiger partial charge in [-0.05, 0) is 19.1 Å². The van der Waals surface area contributed by atoms with Crippen molar-refractivity contribution in [2.75, 3.05) is 11.4 Å². The standard InChI is InChI=1S/C12H12FNO2/c1-9(15)12(13)7-8-14(11(12)16)10-5-3-2-4-6-10/h2-6H,7-8H2,1H3. The van der Waals surface area contributed by atoms with Crippen LogP contribution in [0.1, 0.15) is 13.3 Å². The molecule has 1 fully saturated rings. The van der Waals surface area contributed by atoms with E-state index in [1.54, 1.807) is 24.3 Å². The van der Waals surface area contributed by atoms with Crippen molar-refractivity contribution < 1.29 is 14.0 Å². The highest BCUT2D eigenvalue weighted by atomic mass is 19.1. The number of ketones is 1. The van der Waals surface area contributed by atoms with Crippen LogP contribution >= 0.6 is 0 Å². The predicted molar refractivity (Wildman–Crippen MR) is 57.9 cm³/mol. The number of carbonyl (C=O) groups excluding carboxylic acids is 2. The molecule has 0 N–H and O–H groups in total. The summed E-state index contributed by atoms with van der Waals surface area (Å²) in [6, 6.07) is 8.81. The molecule has 0 saturated carbocycles. The summed E-state index contributed by atoms with van der Waals surface area (Å²) in [5.74, 6) is -1.46. The number of hydrogen-bond acceptors (Lipinski definition) is 2. The van der Waals surface area contributed by atoms with E-state index >= 15 is 0 Å². The van der Waals surface area contributed by atoms with Crippen LogP contribution in [0.3, 0.4) is 0 Å². The first-order valence-corrected chi connectivity index (χ1v) is 5.12. The van der Waals surface area contributed by atoms with Gasteiger partial charge < -0.3 is 4.90 Å². The molecular weight excluding hydrogens is 209 g/mol. The molecule has 84 valence electrons. The molecule has 16 heavy (non-hydrogen) atoms. The number of rotatable bonds is 2. The zero-order valence-corrected chi connectivity index (χ0v) is 8.94. The molecule has 1 atom stereocenters. The first kappa shape index (κ1) is 10.8. The van der Waals surface area contributed by atoms with E-state index in [9.17, 15) is 14.0 Å². The third kappa shape index (κ3) is 1.50. The van der Waals surface area contributed by atoms with Crippen molar-refractivity contribution in [2.45, 2.75) is 19.0 Å². The minimum absolute atomic E-state index is 0.0595. The Labute approximate surface area is 92.9 Å². The zero-order chi connectivity index (χ0) is 11.8. The second-order valence-electron chi connectivity index (χ2n) is 3.90. The maximum absolute atomic E-state index is 14.0. The molecule has 0 aliphatic carbocycles. The van der Waals surface area contributed by atoms with Gasteiger partial charge in [-0.3, -0.25) is 9.59 Å². The Balaban J connectivity index is 2.30. The van der Waals surface area contributed by atoms with Crippen molar-refractivity contribution in [3.8, 4) is 0 Å². The van der Waals surface area contributed by atoms with Crippen molar-refractivity contribution in [1.29, 1.82) is 0 Å². The van der Waals surface area contributed by atoms with Gasteiger partial charge in [0, 0.05) is 18.7 Å². The minimum Gasteiger partial charge on any atom is -0.309 e. The number of anilines is 1. The first-order chi connectivity index (χ1) is 7.55. The average molecular weight is 221 g/mol. The molecule has 2 rings (SSSR count). The number of para-hydroxylation sites is 1. The molecule has 0 aromatic heterocycles. The van der Waals surface area contributed by atoms with E-state index in [0.717, 1.165) is 6.92 Å². The molecule has 1 aromatic carbocycles. The first-order valence-electron chi connectivity index (χ1n) is 5.12. The second-order valence-corrected chi connectivity index (χ2v) is 3.90. The fourth-order valence-corrected chi connectivity index (χ4v) is 1.87. The summed E-state index contributed by atoms with van der Waals surface area (Å²) in [6.45, 7) is 1.37. The lowest BCUT2D eigenvalue weighted by Crippen LogP contribution is -2.41. The Kier molecular flexibility index (Phi) is 2.50. The van der Waals surface area contributed by atoms with Crippen LogP contribution in [0.2, 0.25) is 0 Å². The molecule has 1 saturated heterocycles. The van der Waals surface area contributed by atoms with Crippen molar-refractivity contribution in [1.82, 2.24) is 0 Å². The smallest absolute Gasteiger partial charge is 0.272 e. The summed E-state index contributed by atoms with van der Waals surface area (Å²) < 4.78 is 14.0. The highest BCUT2D eigenvalue weighted by molar-refractivity contribution is 6.16. The number of hydrogen-bond donors (Lipinski definition) is 0. The Morgan fingerprint density at radius 3 is 2.50 bits per heavy atom. The molecule has 1 aromatic rings. The lowest BCUT2D eigenvalue weighted by molar-refractivity contribution is -0.139. The van der Waals surface area contributed by atoms with Crippen molar-refractivity contribution in [2.24, 2.45) is 0 Å². The molecule has 4 heteroatoms. The van der Waals surface area contributed by atoms with Crippen molar-refractivity contribution in [3.05, 3.63) is 30.3 Å². The Morgan fingerprint density at radius 1 is 1.38 bits per heavy atom. The van der Waals surface area contributed by atoms with Gasteiger partial charge in [-0.2, -0.15) is 0 Å². The molecule has 0 radical (unpaired) electrons. The summed E-state index contributed by atoms with van der Waals surface area (Å²) in [5.41, 5.74) is -1.69. The van der Waals surface area contributed by atoms with E-state index in [4.69, 9.17) is 0 Å². The third-order valence-corrected chi connectivity index (χ3v) is 2.89. The minimum atomic E-state index is -2.32. The van der Waals surface area contributed by atoms with Crippen LogP contribution in [0.5, 0.6) is 0 Å². The van der Waals surface area contributed by atoms with E-state index in [0.29, 0.717) is 5.69 Å². The van der Waals surface area contributed by atoms with Crippen molar-refractivity contribution in [3.63, 3.8) is 0 Å². The second kappa shape index (κ2) is 3.70. The quantitative estimate of drug-likeness (QED) is 0.713. The summed E-state index contributed by atoms with van der Waals surface area (Å²) in [5, 5.41) is 0. The van der Waals surface area contributed by atoms with Crippen LogP contribution in [0.25, 0.3) is 0 Å². The molecule has 0 spiro atoms. The van der Waals surface area contributed by atoms with E-state index in [1.807, 2.05) is 6.07 Å². The van der Waals surface area contributed by atoms with Gasteiger partial charge in [-0.15, -0.1) is 0 Å². The van der Waals surface area contributed by atoms with Gasteiger partial charge in [-0.1, -0.05) is 18.2 Å². The van der Waals surface area contributed by atoms with Crippen LogP contribution in [-0.2, 0) is 9.59 Å². The number of carbonyl (C=O) groups is 2. The van der Waals surface area contributed by atoms with Gasteiger partial charge in [0.1, 0.15) is 0 Å². The number of amides is 1. The number of alkyl halides is 1. The SMILES string of the molecule is CC(=O)C1(F)CCN(c2ccccc2)C1=O. The number of benzene rings is 1. The number of nitrogens with zero attached hydrogens (tertiary/aromatic N) is 1. The third-order valence-electron chi connectivity index (χ3n) is 2.89. The molecular formula is C12H12FNO2. The monoisotopic (exact) mass is 221 g/mol.